The molecule has 2 amide bonds. The summed E-state index contributed by atoms with van der Waals surface area (Å²) in [6, 6.07) is 5.92. The van der Waals surface area contributed by atoms with Crippen molar-refractivity contribution in [3.8, 4) is 0 Å². The second kappa shape index (κ2) is 7.12. The average molecular weight is 342 g/mol. The van der Waals surface area contributed by atoms with Crippen LogP contribution in [0.2, 0.25) is 0 Å². The van der Waals surface area contributed by atoms with Crippen LogP contribution in [0.15, 0.2) is 24.4 Å². The Balaban J connectivity index is 1.22. The first-order valence-corrected chi connectivity index (χ1v) is 9.42. The Labute approximate surface area is 148 Å². The molecule has 25 heavy (non-hydrogen) atoms. The lowest BCUT2D eigenvalue weighted by Gasteiger charge is -2.41. The minimum atomic E-state index is -0.297. The van der Waals surface area contributed by atoms with Crippen molar-refractivity contribution in [3.05, 3.63) is 30.1 Å². The van der Waals surface area contributed by atoms with Gasteiger partial charge < -0.3 is 10.2 Å². The summed E-state index contributed by atoms with van der Waals surface area (Å²) in [5, 5.41) is 2.68. The monoisotopic (exact) mass is 342 g/mol. The fourth-order valence-electron chi connectivity index (χ4n) is 4.82. The molecule has 1 aliphatic heterocycles. The number of fused-ring (bicyclic) bond motifs is 2. The molecule has 0 spiro atoms. The number of nitrogens with zero attached hydrogens (tertiary/aromatic N) is 3. The van der Waals surface area contributed by atoms with Crippen LogP contribution >= 0.6 is 0 Å². The zero-order chi connectivity index (χ0) is 17.2. The molecule has 6 nitrogen and oxygen atoms in total. The molecule has 2 aliphatic carbocycles. The molecule has 3 fully saturated rings. The van der Waals surface area contributed by atoms with Crippen molar-refractivity contribution in [2.45, 2.75) is 31.7 Å². The maximum Gasteiger partial charge on any atom is 0.270 e. The summed E-state index contributed by atoms with van der Waals surface area (Å²) in [6.45, 7) is 3.52. The summed E-state index contributed by atoms with van der Waals surface area (Å²) < 4.78 is 0. The van der Waals surface area contributed by atoms with Crippen molar-refractivity contribution in [1.29, 1.82) is 0 Å². The average Bonchev–Trinajstić information content (AvgIpc) is 3.30. The molecule has 3 atom stereocenters. The van der Waals surface area contributed by atoms with Crippen LogP contribution in [0.1, 0.15) is 36.2 Å². The van der Waals surface area contributed by atoms with E-state index in [2.05, 4.69) is 15.2 Å². The van der Waals surface area contributed by atoms with Crippen molar-refractivity contribution in [3.63, 3.8) is 0 Å². The first-order valence-electron chi connectivity index (χ1n) is 9.42. The fraction of sp³-hybridized carbons (Fsp3) is 0.632. The molecule has 4 rings (SSSR count). The van der Waals surface area contributed by atoms with Crippen LogP contribution in [0.3, 0.4) is 0 Å². The van der Waals surface area contributed by atoms with Gasteiger partial charge in [0.05, 0.1) is 6.54 Å². The highest BCUT2D eigenvalue weighted by Crippen LogP contribution is 2.46. The number of hydrogen-bond acceptors (Lipinski definition) is 4. The normalized spacial score (nSPS) is 29.0. The largest absolute Gasteiger partial charge is 0.342 e. The number of nitrogens with one attached hydrogen (secondary N) is 1. The molecule has 1 N–H and O–H groups in total. The van der Waals surface area contributed by atoms with Gasteiger partial charge in [0.2, 0.25) is 5.91 Å². The Hall–Kier alpha value is -1.95. The second-order valence-electron chi connectivity index (χ2n) is 7.56. The standard InChI is InChI=1S/C19H26N4O2/c24-18(13-21-19(25)16-3-1-2-6-20-16)23-9-7-22(8-10-23)17-12-14-4-5-15(17)11-14/h1-3,6,14-15,17H,4-5,7-13H2,(H,21,25)/t14-,15-,17+/m0/s1. The van der Waals surface area contributed by atoms with Crippen molar-refractivity contribution < 1.29 is 9.59 Å². The lowest BCUT2D eigenvalue weighted by Crippen LogP contribution is -2.54. The van der Waals surface area contributed by atoms with Crippen molar-refractivity contribution in [2.75, 3.05) is 32.7 Å². The lowest BCUT2D eigenvalue weighted by molar-refractivity contribution is -0.132. The molecule has 2 bridgehead atoms. The van der Waals surface area contributed by atoms with Gasteiger partial charge in [-0.3, -0.25) is 19.5 Å². The van der Waals surface area contributed by atoms with E-state index in [1.54, 1.807) is 24.4 Å². The number of rotatable bonds is 4. The van der Waals surface area contributed by atoms with Crippen molar-refractivity contribution in [1.82, 2.24) is 20.1 Å². The molecular weight excluding hydrogens is 316 g/mol. The molecule has 0 unspecified atom stereocenters. The molecule has 0 aromatic carbocycles. The van der Waals surface area contributed by atoms with E-state index in [0.29, 0.717) is 5.69 Å². The van der Waals surface area contributed by atoms with E-state index >= 15 is 0 Å². The number of piperazine rings is 1. The van der Waals surface area contributed by atoms with E-state index in [9.17, 15) is 9.59 Å². The van der Waals surface area contributed by atoms with E-state index in [-0.39, 0.29) is 18.4 Å². The number of amides is 2. The van der Waals surface area contributed by atoms with Gasteiger partial charge in [-0.2, -0.15) is 0 Å². The van der Waals surface area contributed by atoms with E-state index in [4.69, 9.17) is 0 Å². The second-order valence-corrected chi connectivity index (χ2v) is 7.56. The van der Waals surface area contributed by atoms with Gasteiger partial charge in [-0.1, -0.05) is 12.5 Å². The predicted octanol–water partition coefficient (Wildman–Crippen LogP) is 1.14. The SMILES string of the molecule is O=C(NCC(=O)N1CCN([C@@H]2C[C@H]3CC[C@H]2C3)CC1)c1ccccn1. The molecule has 2 saturated carbocycles. The van der Waals surface area contributed by atoms with Crippen LogP contribution in [-0.2, 0) is 4.79 Å². The molecule has 1 aromatic heterocycles. The molecule has 2 heterocycles. The third kappa shape index (κ3) is 3.54. The highest BCUT2D eigenvalue weighted by atomic mass is 16.2. The van der Waals surface area contributed by atoms with Gasteiger partial charge in [-0.15, -0.1) is 0 Å². The first kappa shape index (κ1) is 16.5. The Morgan fingerprint density at radius 1 is 1.12 bits per heavy atom. The molecular formula is C19H26N4O2. The van der Waals surface area contributed by atoms with Crippen LogP contribution in [-0.4, -0.2) is 65.4 Å². The zero-order valence-corrected chi connectivity index (χ0v) is 14.6. The van der Waals surface area contributed by atoms with Gasteiger partial charge in [0.15, 0.2) is 0 Å². The predicted molar refractivity (Wildman–Crippen MR) is 94.0 cm³/mol. The molecule has 3 aliphatic rings. The molecule has 6 heteroatoms. The van der Waals surface area contributed by atoms with Gasteiger partial charge in [-0.25, -0.2) is 0 Å². The lowest BCUT2D eigenvalue weighted by atomic mass is 9.93. The van der Waals surface area contributed by atoms with Gasteiger partial charge in [0.1, 0.15) is 5.69 Å². The highest BCUT2D eigenvalue weighted by Gasteiger charge is 2.42. The van der Waals surface area contributed by atoms with Crippen LogP contribution in [0.25, 0.3) is 0 Å². The first-order chi connectivity index (χ1) is 12.2. The maximum atomic E-state index is 12.4. The Kier molecular flexibility index (Phi) is 4.70. The quantitative estimate of drug-likeness (QED) is 0.891. The third-order valence-corrected chi connectivity index (χ3v) is 6.13. The molecule has 1 saturated heterocycles. The van der Waals surface area contributed by atoms with Crippen LogP contribution in [0.4, 0.5) is 0 Å². The van der Waals surface area contributed by atoms with Crippen molar-refractivity contribution in [2.24, 2.45) is 11.8 Å². The number of pyridine rings is 1. The highest BCUT2D eigenvalue weighted by molar-refractivity contribution is 5.94. The van der Waals surface area contributed by atoms with E-state index in [1.165, 1.54) is 25.7 Å². The summed E-state index contributed by atoms with van der Waals surface area (Å²) >= 11 is 0. The Morgan fingerprint density at radius 3 is 2.60 bits per heavy atom. The van der Waals surface area contributed by atoms with E-state index in [1.807, 2.05) is 4.90 Å². The van der Waals surface area contributed by atoms with Crippen molar-refractivity contribution >= 4 is 11.8 Å². The number of carbonyl (C=O) groups is 2. The minimum absolute atomic E-state index is 0.00289. The third-order valence-electron chi connectivity index (χ3n) is 6.13. The van der Waals surface area contributed by atoms with E-state index in [0.717, 1.165) is 44.1 Å². The van der Waals surface area contributed by atoms with Crippen LogP contribution < -0.4 is 5.32 Å². The maximum absolute atomic E-state index is 12.4. The summed E-state index contributed by atoms with van der Waals surface area (Å²) in [5.74, 6) is 1.55. The van der Waals surface area contributed by atoms with Crippen LogP contribution in [0.5, 0.6) is 0 Å². The topological polar surface area (TPSA) is 65.5 Å². The summed E-state index contributed by atoms with van der Waals surface area (Å²) in [4.78, 5) is 32.8. The fourth-order valence-corrected chi connectivity index (χ4v) is 4.82. The molecule has 0 radical (unpaired) electrons. The zero-order valence-electron chi connectivity index (χ0n) is 14.6. The van der Waals surface area contributed by atoms with Gasteiger partial charge >= 0.3 is 0 Å². The Bertz CT molecular complexity index is 628. The Morgan fingerprint density at radius 2 is 1.96 bits per heavy atom. The van der Waals surface area contributed by atoms with Crippen LogP contribution in [0, 0.1) is 11.8 Å². The molecule has 134 valence electrons. The summed E-state index contributed by atoms with van der Waals surface area (Å²) in [5.41, 5.74) is 0.344. The van der Waals surface area contributed by atoms with Gasteiger partial charge in [0.25, 0.3) is 5.91 Å². The molecule has 1 aromatic rings. The van der Waals surface area contributed by atoms with E-state index < -0.39 is 0 Å². The van der Waals surface area contributed by atoms with Gasteiger partial charge in [-0.05, 0) is 43.2 Å². The number of aromatic nitrogens is 1. The summed E-state index contributed by atoms with van der Waals surface area (Å²) in [6.07, 6.45) is 7.18. The number of carbonyl (C=O) groups excluding carboxylic acids is 2. The minimum Gasteiger partial charge on any atom is -0.342 e. The smallest absolute Gasteiger partial charge is 0.270 e. The number of hydrogen-bond donors (Lipinski definition) is 1. The summed E-state index contributed by atoms with van der Waals surface area (Å²) in [7, 11) is 0. The van der Waals surface area contributed by atoms with Gasteiger partial charge in [0, 0.05) is 38.4 Å².